The fourth-order valence-corrected chi connectivity index (χ4v) is 3.42. The van der Waals surface area contributed by atoms with Gasteiger partial charge >= 0.3 is 0 Å². The minimum atomic E-state index is 0.0461. The highest BCUT2D eigenvalue weighted by Gasteiger charge is 2.33. The number of piperidine rings is 1. The lowest BCUT2D eigenvalue weighted by molar-refractivity contribution is 0.0253. The maximum absolute atomic E-state index is 9.73. The van der Waals surface area contributed by atoms with Crippen LogP contribution >= 0.6 is 11.6 Å². The van der Waals surface area contributed by atoms with Crippen molar-refractivity contribution in [3.8, 4) is 5.69 Å². The molecule has 0 spiro atoms. The Morgan fingerprint density at radius 3 is 2.78 bits per heavy atom. The maximum Gasteiger partial charge on any atom is 0.0971 e. The summed E-state index contributed by atoms with van der Waals surface area (Å²) in [5, 5.41) is 18.9. The molecule has 1 N–H and O–H groups in total. The minimum absolute atomic E-state index is 0.0461. The maximum atomic E-state index is 9.73. The number of halogens is 1. The zero-order chi connectivity index (χ0) is 16.3. The lowest BCUT2D eigenvalue weighted by Crippen LogP contribution is -2.44. The normalized spacial score (nSPS) is 22.4. The highest BCUT2D eigenvalue weighted by Crippen LogP contribution is 2.33. The highest BCUT2D eigenvalue weighted by atomic mass is 35.5. The standard InChI is InChI=1S/C17H23ClN4O/c1-2-17(13-23)8-3-9-21(12-17)10-15-11-22(20-19-15)16-6-4-14(18)5-7-16/h4-7,11,23H,2-3,8-10,12-13H2,1H3. The molecule has 6 heteroatoms. The van der Waals surface area contributed by atoms with E-state index in [-0.39, 0.29) is 12.0 Å². The average molecular weight is 335 g/mol. The summed E-state index contributed by atoms with van der Waals surface area (Å²) in [6, 6.07) is 7.55. The van der Waals surface area contributed by atoms with Gasteiger partial charge in [-0.25, -0.2) is 4.68 Å². The van der Waals surface area contributed by atoms with E-state index >= 15 is 0 Å². The van der Waals surface area contributed by atoms with Crippen LogP contribution in [0.25, 0.3) is 5.69 Å². The van der Waals surface area contributed by atoms with Crippen molar-refractivity contribution in [3.05, 3.63) is 41.2 Å². The molecule has 3 rings (SSSR count). The van der Waals surface area contributed by atoms with Crippen LogP contribution in [0, 0.1) is 5.41 Å². The van der Waals surface area contributed by atoms with Crippen LogP contribution in [0.3, 0.4) is 0 Å². The largest absolute Gasteiger partial charge is 0.396 e. The number of aliphatic hydroxyl groups is 1. The van der Waals surface area contributed by atoms with Crippen molar-refractivity contribution in [1.29, 1.82) is 0 Å². The predicted octanol–water partition coefficient (Wildman–Crippen LogP) is 2.91. The Kier molecular flexibility index (Phi) is 4.99. The lowest BCUT2D eigenvalue weighted by atomic mass is 9.78. The summed E-state index contributed by atoms with van der Waals surface area (Å²) in [6.07, 6.45) is 5.20. The van der Waals surface area contributed by atoms with Crippen molar-refractivity contribution in [2.75, 3.05) is 19.7 Å². The molecule has 1 aliphatic rings. The van der Waals surface area contributed by atoms with Gasteiger partial charge in [0, 0.05) is 30.1 Å². The Labute approximate surface area is 141 Å². The molecule has 1 aromatic heterocycles. The van der Waals surface area contributed by atoms with Crippen LogP contribution in [-0.4, -0.2) is 44.7 Å². The number of hydrogen-bond acceptors (Lipinski definition) is 4. The topological polar surface area (TPSA) is 54.2 Å². The Hall–Kier alpha value is -1.43. The number of hydrogen-bond donors (Lipinski definition) is 1. The van der Waals surface area contributed by atoms with Crippen molar-refractivity contribution in [1.82, 2.24) is 19.9 Å². The zero-order valence-electron chi connectivity index (χ0n) is 13.5. The molecule has 1 atom stereocenters. The predicted molar refractivity (Wildman–Crippen MR) is 90.7 cm³/mol. The first-order valence-corrected chi connectivity index (χ1v) is 8.52. The SMILES string of the molecule is CCC1(CO)CCCN(Cc2cn(-c3ccc(Cl)cc3)nn2)C1. The van der Waals surface area contributed by atoms with E-state index in [4.69, 9.17) is 11.6 Å². The number of likely N-dealkylation sites (tertiary alicyclic amines) is 1. The zero-order valence-corrected chi connectivity index (χ0v) is 14.2. The van der Waals surface area contributed by atoms with Gasteiger partial charge in [-0.05, 0) is 50.1 Å². The van der Waals surface area contributed by atoms with Gasteiger partial charge < -0.3 is 5.11 Å². The molecule has 1 aliphatic heterocycles. The second-order valence-electron chi connectivity index (χ2n) is 6.46. The first-order valence-electron chi connectivity index (χ1n) is 8.14. The van der Waals surface area contributed by atoms with E-state index in [1.54, 1.807) is 4.68 Å². The second kappa shape index (κ2) is 6.99. The first kappa shape index (κ1) is 16.4. The monoisotopic (exact) mass is 334 g/mol. The van der Waals surface area contributed by atoms with E-state index < -0.39 is 0 Å². The number of benzene rings is 1. The first-order chi connectivity index (χ1) is 11.1. The Morgan fingerprint density at radius 1 is 1.30 bits per heavy atom. The van der Waals surface area contributed by atoms with Crippen LogP contribution < -0.4 is 0 Å². The number of nitrogens with zero attached hydrogens (tertiary/aromatic N) is 4. The van der Waals surface area contributed by atoms with Gasteiger partial charge in [-0.15, -0.1) is 5.10 Å². The summed E-state index contributed by atoms with van der Waals surface area (Å²) < 4.78 is 1.77. The highest BCUT2D eigenvalue weighted by molar-refractivity contribution is 6.30. The molecule has 1 fully saturated rings. The summed E-state index contributed by atoms with van der Waals surface area (Å²) in [5.41, 5.74) is 1.94. The molecule has 0 amide bonds. The van der Waals surface area contributed by atoms with E-state index in [0.717, 1.165) is 50.3 Å². The molecule has 0 saturated carbocycles. The molecule has 1 saturated heterocycles. The van der Waals surface area contributed by atoms with E-state index in [9.17, 15) is 5.11 Å². The number of aromatic nitrogens is 3. The Bertz CT molecular complexity index is 636. The molecular formula is C17H23ClN4O. The molecule has 0 bridgehead atoms. The van der Waals surface area contributed by atoms with Gasteiger partial charge in [0.1, 0.15) is 0 Å². The van der Waals surface area contributed by atoms with Crippen LogP contribution in [0.15, 0.2) is 30.5 Å². The van der Waals surface area contributed by atoms with Crippen molar-refractivity contribution in [2.45, 2.75) is 32.7 Å². The summed E-state index contributed by atoms with van der Waals surface area (Å²) in [5.74, 6) is 0. The van der Waals surface area contributed by atoms with Crippen molar-refractivity contribution < 1.29 is 5.11 Å². The van der Waals surface area contributed by atoms with Gasteiger partial charge in [-0.2, -0.15) is 0 Å². The molecular weight excluding hydrogens is 312 g/mol. The fraction of sp³-hybridized carbons (Fsp3) is 0.529. The molecule has 1 aromatic carbocycles. The minimum Gasteiger partial charge on any atom is -0.396 e. The third-order valence-corrected chi connectivity index (χ3v) is 5.10. The number of rotatable bonds is 5. The van der Waals surface area contributed by atoms with Crippen molar-refractivity contribution in [3.63, 3.8) is 0 Å². The van der Waals surface area contributed by atoms with Gasteiger partial charge in [-0.3, -0.25) is 4.90 Å². The Morgan fingerprint density at radius 2 is 2.09 bits per heavy atom. The summed E-state index contributed by atoms with van der Waals surface area (Å²) in [4.78, 5) is 2.37. The van der Waals surface area contributed by atoms with Gasteiger partial charge in [0.15, 0.2) is 0 Å². The van der Waals surface area contributed by atoms with Crippen LogP contribution in [0.4, 0.5) is 0 Å². The van der Waals surface area contributed by atoms with E-state index in [1.807, 2.05) is 30.5 Å². The molecule has 2 aromatic rings. The van der Waals surface area contributed by atoms with E-state index in [2.05, 4.69) is 22.1 Å². The third-order valence-electron chi connectivity index (χ3n) is 4.84. The average Bonchev–Trinajstić information content (AvgIpc) is 3.04. The molecule has 5 nitrogen and oxygen atoms in total. The van der Waals surface area contributed by atoms with Crippen LogP contribution in [0.1, 0.15) is 31.9 Å². The van der Waals surface area contributed by atoms with Crippen LogP contribution in [-0.2, 0) is 6.54 Å². The lowest BCUT2D eigenvalue weighted by Gasteiger charge is -2.41. The van der Waals surface area contributed by atoms with Crippen LogP contribution in [0.5, 0.6) is 0 Å². The molecule has 0 radical (unpaired) electrons. The summed E-state index contributed by atoms with van der Waals surface area (Å²) in [6.45, 7) is 5.17. The smallest absolute Gasteiger partial charge is 0.0971 e. The van der Waals surface area contributed by atoms with Gasteiger partial charge in [0.05, 0.1) is 17.6 Å². The van der Waals surface area contributed by atoms with Gasteiger partial charge in [0.25, 0.3) is 0 Å². The van der Waals surface area contributed by atoms with E-state index in [1.165, 1.54) is 0 Å². The molecule has 2 heterocycles. The summed E-state index contributed by atoms with van der Waals surface area (Å²) >= 11 is 5.91. The van der Waals surface area contributed by atoms with Crippen LogP contribution in [0.2, 0.25) is 5.02 Å². The van der Waals surface area contributed by atoms with Crippen molar-refractivity contribution in [2.24, 2.45) is 5.41 Å². The number of aliphatic hydroxyl groups excluding tert-OH is 1. The van der Waals surface area contributed by atoms with Gasteiger partial charge in [0.2, 0.25) is 0 Å². The Balaban J connectivity index is 1.68. The third kappa shape index (κ3) is 3.74. The summed E-state index contributed by atoms with van der Waals surface area (Å²) in [7, 11) is 0. The molecule has 124 valence electrons. The van der Waals surface area contributed by atoms with Crippen molar-refractivity contribution >= 4 is 11.6 Å². The molecule has 0 aliphatic carbocycles. The second-order valence-corrected chi connectivity index (χ2v) is 6.89. The molecule has 1 unspecified atom stereocenters. The quantitative estimate of drug-likeness (QED) is 0.913. The van der Waals surface area contributed by atoms with Gasteiger partial charge in [-0.1, -0.05) is 23.7 Å². The fourth-order valence-electron chi connectivity index (χ4n) is 3.29. The van der Waals surface area contributed by atoms with E-state index in [0.29, 0.717) is 5.02 Å². The molecule has 23 heavy (non-hydrogen) atoms.